The third-order valence-electron chi connectivity index (χ3n) is 3.69. The largest absolute Gasteiger partial charge is 1.00 e. The van der Waals surface area contributed by atoms with Gasteiger partial charge in [0.25, 0.3) is 0 Å². The maximum absolute atomic E-state index is 10.8. The first-order valence-electron chi connectivity index (χ1n) is 8.24. The molecule has 0 aliphatic rings. The van der Waals surface area contributed by atoms with Crippen molar-refractivity contribution in [2.24, 2.45) is 0 Å². The van der Waals surface area contributed by atoms with Gasteiger partial charge in [-0.25, -0.2) is 8.42 Å². The smallest absolute Gasteiger partial charge is 0.744 e. The Morgan fingerprint density at radius 3 is 2.00 bits per heavy atom. The number of hydrogen-bond acceptors (Lipinski definition) is 3. The van der Waals surface area contributed by atoms with E-state index in [0.717, 1.165) is 24.8 Å². The molecular weight excluding hydrogens is 319 g/mol. The number of allylic oxidation sites excluding steroid dienone is 2. The summed E-state index contributed by atoms with van der Waals surface area (Å²) in [6.45, 7) is 2.22. The van der Waals surface area contributed by atoms with E-state index in [0.29, 0.717) is 0 Å². The SMILES string of the molecule is CCCCC/C=C/CCCCCc1ccc(S(=O)(=O)[O-])cc1.[Na+]. The molecule has 0 saturated carbocycles. The van der Waals surface area contributed by atoms with Crippen molar-refractivity contribution in [2.75, 3.05) is 0 Å². The topological polar surface area (TPSA) is 57.2 Å². The molecule has 0 fully saturated rings. The summed E-state index contributed by atoms with van der Waals surface area (Å²) in [6, 6.07) is 6.27. The molecule has 0 spiro atoms. The fourth-order valence-corrected chi connectivity index (χ4v) is 2.81. The van der Waals surface area contributed by atoms with Crippen LogP contribution in [-0.2, 0) is 16.5 Å². The molecule has 0 radical (unpaired) electrons. The second kappa shape index (κ2) is 13.2. The first kappa shape index (κ1) is 22.9. The number of aryl methyl sites for hydroxylation is 1. The second-order valence-corrected chi connectivity index (χ2v) is 7.04. The summed E-state index contributed by atoms with van der Waals surface area (Å²) in [7, 11) is -4.32. The summed E-state index contributed by atoms with van der Waals surface area (Å²) in [4.78, 5) is -0.149. The summed E-state index contributed by atoms with van der Waals surface area (Å²) >= 11 is 0. The van der Waals surface area contributed by atoms with Gasteiger partial charge in [-0.15, -0.1) is 0 Å². The Bertz CT molecular complexity index is 536. The van der Waals surface area contributed by atoms with Crippen LogP contribution in [0.4, 0.5) is 0 Å². The Hall–Kier alpha value is -0.130. The second-order valence-electron chi connectivity index (χ2n) is 5.66. The molecule has 5 heteroatoms. The van der Waals surface area contributed by atoms with Crippen molar-refractivity contribution >= 4 is 10.1 Å². The number of hydrogen-bond donors (Lipinski definition) is 0. The van der Waals surface area contributed by atoms with Gasteiger partial charge in [-0.05, 0) is 56.2 Å². The molecule has 1 rings (SSSR count). The monoisotopic (exact) mass is 346 g/mol. The normalized spacial score (nSPS) is 11.6. The quantitative estimate of drug-likeness (QED) is 0.266. The summed E-state index contributed by atoms with van der Waals surface area (Å²) in [5.41, 5.74) is 1.09. The van der Waals surface area contributed by atoms with Crippen LogP contribution in [0.1, 0.15) is 63.9 Å². The molecule has 1 aromatic rings. The van der Waals surface area contributed by atoms with E-state index in [-0.39, 0.29) is 34.5 Å². The minimum atomic E-state index is -4.32. The van der Waals surface area contributed by atoms with E-state index in [4.69, 9.17) is 0 Å². The zero-order valence-electron chi connectivity index (χ0n) is 14.5. The zero-order chi connectivity index (χ0) is 16.3. The average Bonchev–Trinajstić information content (AvgIpc) is 2.49. The van der Waals surface area contributed by atoms with Gasteiger partial charge in [0.05, 0.1) is 4.90 Å². The standard InChI is InChI=1S/C18H28O3S.Na/c1-2-3-4-5-6-7-8-9-10-11-12-17-13-15-18(16-14-17)22(19,20)21;/h6-7,13-16H,2-5,8-12H2,1H3,(H,19,20,21);/q;+1/p-1/b7-6+;. The molecule has 0 unspecified atom stereocenters. The molecule has 3 nitrogen and oxygen atoms in total. The summed E-state index contributed by atoms with van der Waals surface area (Å²) in [6.07, 6.45) is 15.2. The number of unbranched alkanes of at least 4 members (excludes halogenated alkanes) is 6. The minimum absolute atomic E-state index is 0. The van der Waals surface area contributed by atoms with Crippen molar-refractivity contribution in [2.45, 2.75) is 69.6 Å². The van der Waals surface area contributed by atoms with Crippen molar-refractivity contribution in [1.29, 1.82) is 0 Å². The number of benzene rings is 1. The summed E-state index contributed by atoms with van der Waals surface area (Å²) in [5.74, 6) is 0. The predicted molar refractivity (Wildman–Crippen MR) is 89.9 cm³/mol. The van der Waals surface area contributed by atoms with E-state index in [9.17, 15) is 13.0 Å². The van der Waals surface area contributed by atoms with Gasteiger partial charge < -0.3 is 4.55 Å². The molecule has 1 aromatic carbocycles. The van der Waals surface area contributed by atoms with Gasteiger partial charge in [0, 0.05) is 0 Å². The Morgan fingerprint density at radius 1 is 0.913 bits per heavy atom. The van der Waals surface area contributed by atoms with Crippen LogP contribution in [0.25, 0.3) is 0 Å². The van der Waals surface area contributed by atoms with Gasteiger partial charge >= 0.3 is 29.6 Å². The molecule has 0 aliphatic carbocycles. The Labute approximate surface area is 163 Å². The average molecular weight is 346 g/mol. The molecule has 0 saturated heterocycles. The van der Waals surface area contributed by atoms with E-state index in [1.54, 1.807) is 12.1 Å². The first-order chi connectivity index (χ1) is 10.5. The maximum atomic E-state index is 10.8. The number of rotatable bonds is 11. The fourth-order valence-electron chi connectivity index (χ4n) is 2.34. The summed E-state index contributed by atoms with van der Waals surface area (Å²) in [5, 5.41) is 0. The third kappa shape index (κ3) is 11.1. The van der Waals surface area contributed by atoms with Gasteiger partial charge in [0.2, 0.25) is 0 Å². The van der Waals surface area contributed by atoms with Crippen LogP contribution in [0.5, 0.6) is 0 Å². The molecule has 23 heavy (non-hydrogen) atoms. The van der Waals surface area contributed by atoms with Gasteiger partial charge in [-0.1, -0.05) is 50.5 Å². The van der Waals surface area contributed by atoms with Crippen LogP contribution in [0, 0.1) is 0 Å². The third-order valence-corrected chi connectivity index (χ3v) is 4.54. The zero-order valence-corrected chi connectivity index (χ0v) is 17.3. The molecule has 0 aliphatic heterocycles. The van der Waals surface area contributed by atoms with Gasteiger partial charge in [-0.3, -0.25) is 0 Å². The predicted octanol–water partition coefficient (Wildman–Crippen LogP) is 1.83. The van der Waals surface area contributed by atoms with Crippen LogP contribution in [-0.4, -0.2) is 13.0 Å². The molecule has 0 heterocycles. The van der Waals surface area contributed by atoms with E-state index in [2.05, 4.69) is 19.1 Å². The van der Waals surface area contributed by atoms with Crippen molar-refractivity contribution in [3.8, 4) is 0 Å². The van der Waals surface area contributed by atoms with Gasteiger partial charge in [-0.2, -0.15) is 0 Å². The van der Waals surface area contributed by atoms with Crippen LogP contribution < -0.4 is 29.6 Å². The van der Waals surface area contributed by atoms with E-state index in [1.807, 2.05) is 0 Å². The Morgan fingerprint density at radius 2 is 1.48 bits per heavy atom. The molecule has 0 atom stereocenters. The van der Waals surface area contributed by atoms with E-state index >= 15 is 0 Å². The van der Waals surface area contributed by atoms with Gasteiger partial charge in [0.1, 0.15) is 10.1 Å². The van der Waals surface area contributed by atoms with Crippen molar-refractivity contribution in [1.82, 2.24) is 0 Å². The van der Waals surface area contributed by atoms with Crippen LogP contribution in [0.2, 0.25) is 0 Å². The minimum Gasteiger partial charge on any atom is -0.744 e. The molecule has 0 amide bonds. The molecule has 0 N–H and O–H groups in total. The van der Waals surface area contributed by atoms with Gasteiger partial charge in [0.15, 0.2) is 0 Å². The summed E-state index contributed by atoms with van der Waals surface area (Å²) < 4.78 is 32.5. The van der Waals surface area contributed by atoms with Crippen molar-refractivity contribution in [3.05, 3.63) is 42.0 Å². The Balaban J connectivity index is 0.00000484. The molecule has 0 bridgehead atoms. The fraction of sp³-hybridized carbons (Fsp3) is 0.556. The van der Waals surface area contributed by atoms with E-state index in [1.165, 1.54) is 50.7 Å². The van der Waals surface area contributed by atoms with Crippen molar-refractivity contribution < 1.29 is 42.5 Å². The Kier molecular flexibility index (Phi) is 13.1. The van der Waals surface area contributed by atoms with E-state index < -0.39 is 10.1 Å². The maximum Gasteiger partial charge on any atom is 1.00 e. The molecular formula is C18H27NaO3S. The molecule has 124 valence electrons. The van der Waals surface area contributed by atoms with Crippen LogP contribution in [0.3, 0.4) is 0 Å². The van der Waals surface area contributed by atoms with Crippen LogP contribution in [0.15, 0.2) is 41.3 Å². The van der Waals surface area contributed by atoms with Crippen LogP contribution >= 0.6 is 0 Å². The first-order valence-corrected chi connectivity index (χ1v) is 9.64. The van der Waals surface area contributed by atoms with Crippen molar-refractivity contribution in [3.63, 3.8) is 0 Å². The molecule has 0 aromatic heterocycles.